The van der Waals surface area contributed by atoms with Crippen LogP contribution >= 0.6 is 0 Å². The van der Waals surface area contributed by atoms with Gasteiger partial charge in [0, 0.05) is 23.4 Å². The Morgan fingerprint density at radius 2 is 1.59 bits per heavy atom. The number of nitro benzene ring substituents is 1. The minimum Gasteiger partial charge on any atom is -0.350 e. The number of aryl methyl sites for hydroxylation is 1. The second kappa shape index (κ2) is 8.43. The maximum absolute atomic E-state index is 14.2. The van der Waals surface area contributed by atoms with Crippen molar-refractivity contribution in [3.8, 4) is 0 Å². The number of nitrogens with one attached hydrogen (secondary N) is 1. The standard InChI is InChI=1S/C24H18FN3O4/c1-15-6-2-5-9-20(15)26-22-21(16-10-12-18(13-11-16)28(31)32)23(29)27(24(22)30)14-17-7-3-4-8-19(17)25/h2-13,26H,14H2,1H3. The van der Waals surface area contributed by atoms with Crippen molar-refractivity contribution < 1.29 is 18.9 Å². The third-order valence-corrected chi connectivity index (χ3v) is 5.23. The molecule has 1 aliphatic rings. The molecule has 3 aromatic rings. The van der Waals surface area contributed by atoms with E-state index in [1.807, 2.05) is 19.1 Å². The highest BCUT2D eigenvalue weighted by atomic mass is 19.1. The van der Waals surface area contributed by atoms with E-state index in [-0.39, 0.29) is 29.1 Å². The minimum atomic E-state index is -0.608. The van der Waals surface area contributed by atoms with Gasteiger partial charge in [0.1, 0.15) is 11.5 Å². The quantitative estimate of drug-likeness (QED) is 0.354. The van der Waals surface area contributed by atoms with E-state index in [2.05, 4.69) is 5.32 Å². The Morgan fingerprint density at radius 1 is 0.938 bits per heavy atom. The third-order valence-electron chi connectivity index (χ3n) is 5.23. The van der Waals surface area contributed by atoms with Gasteiger partial charge in [-0.25, -0.2) is 4.39 Å². The molecular weight excluding hydrogens is 413 g/mol. The lowest BCUT2D eigenvalue weighted by Gasteiger charge is -2.16. The fraction of sp³-hybridized carbons (Fsp3) is 0.0833. The van der Waals surface area contributed by atoms with Crippen LogP contribution in [0.3, 0.4) is 0 Å². The van der Waals surface area contributed by atoms with Gasteiger partial charge in [-0.2, -0.15) is 0 Å². The second-order valence-corrected chi connectivity index (χ2v) is 7.28. The number of carbonyl (C=O) groups excluding carboxylic acids is 2. The molecule has 0 saturated heterocycles. The van der Waals surface area contributed by atoms with Crippen LogP contribution in [-0.2, 0) is 16.1 Å². The van der Waals surface area contributed by atoms with Crippen LogP contribution in [-0.4, -0.2) is 21.6 Å². The molecule has 0 radical (unpaired) electrons. The molecular formula is C24H18FN3O4. The fourth-order valence-corrected chi connectivity index (χ4v) is 3.50. The van der Waals surface area contributed by atoms with Crippen LogP contribution < -0.4 is 5.32 Å². The molecule has 0 bridgehead atoms. The number of carbonyl (C=O) groups is 2. The number of nitro groups is 1. The van der Waals surface area contributed by atoms with Crippen molar-refractivity contribution in [2.24, 2.45) is 0 Å². The number of anilines is 1. The molecule has 0 aliphatic carbocycles. The summed E-state index contributed by atoms with van der Waals surface area (Å²) in [6, 6.07) is 18.6. The maximum Gasteiger partial charge on any atom is 0.278 e. The molecule has 0 unspecified atom stereocenters. The molecule has 0 saturated carbocycles. The van der Waals surface area contributed by atoms with Crippen molar-refractivity contribution in [3.63, 3.8) is 0 Å². The van der Waals surface area contributed by atoms with Crippen molar-refractivity contribution >= 4 is 28.8 Å². The topological polar surface area (TPSA) is 92.6 Å². The zero-order valence-corrected chi connectivity index (χ0v) is 17.0. The summed E-state index contributed by atoms with van der Waals surface area (Å²) < 4.78 is 14.2. The van der Waals surface area contributed by atoms with Gasteiger partial charge in [0.15, 0.2) is 0 Å². The first kappa shape index (κ1) is 20.9. The van der Waals surface area contributed by atoms with Gasteiger partial charge in [-0.15, -0.1) is 0 Å². The summed E-state index contributed by atoms with van der Waals surface area (Å²) in [5, 5.41) is 14.0. The number of benzene rings is 3. The number of para-hydroxylation sites is 1. The van der Waals surface area contributed by atoms with E-state index >= 15 is 0 Å². The van der Waals surface area contributed by atoms with E-state index in [0.29, 0.717) is 11.3 Å². The number of rotatable bonds is 6. The highest BCUT2D eigenvalue weighted by Gasteiger charge is 2.39. The largest absolute Gasteiger partial charge is 0.350 e. The molecule has 1 aliphatic heterocycles. The van der Waals surface area contributed by atoms with Gasteiger partial charge < -0.3 is 5.32 Å². The average Bonchev–Trinajstić information content (AvgIpc) is 3.01. The first-order valence-corrected chi connectivity index (χ1v) is 9.78. The predicted octanol–water partition coefficient (Wildman–Crippen LogP) is 4.43. The number of hydrogen-bond acceptors (Lipinski definition) is 5. The average molecular weight is 431 g/mol. The third kappa shape index (κ3) is 3.85. The summed E-state index contributed by atoms with van der Waals surface area (Å²) in [6.45, 7) is 1.62. The Kier molecular flexibility index (Phi) is 5.51. The van der Waals surface area contributed by atoms with Crippen LogP contribution in [0.4, 0.5) is 15.8 Å². The van der Waals surface area contributed by atoms with E-state index in [0.717, 1.165) is 10.5 Å². The number of amides is 2. The lowest BCUT2D eigenvalue weighted by atomic mass is 10.0. The van der Waals surface area contributed by atoms with Gasteiger partial charge in [-0.3, -0.25) is 24.6 Å². The predicted molar refractivity (Wildman–Crippen MR) is 117 cm³/mol. The highest BCUT2D eigenvalue weighted by Crippen LogP contribution is 2.33. The van der Waals surface area contributed by atoms with Crippen molar-refractivity contribution in [3.05, 3.63) is 111 Å². The molecule has 1 heterocycles. The maximum atomic E-state index is 14.2. The molecule has 160 valence electrons. The smallest absolute Gasteiger partial charge is 0.278 e. The van der Waals surface area contributed by atoms with Crippen LogP contribution in [0.1, 0.15) is 16.7 Å². The van der Waals surface area contributed by atoms with Crippen molar-refractivity contribution in [1.82, 2.24) is 4.90 Å². The van der Waals surface area contributed by atoms with Crippen molar-refractivity contribution in [2.75, 3.05) is 5.32 Å². The van der Waals surface area contributed by atoms with Crippen molar-refractivity contribution in [2.45, 2.75) is 13.5 Å². The Bertz CT molecular complexity index is 1270. The van der Waals surface area contributed by atoms with Crippen LogP contribution in [0.5, 0.6) is 0 Å². The van der Waals surface area contributed by atoms with Gasteiger partial charge in [-0.1, -0.05) is 36.4 Å². The number of halogens is 1. The van der Waals surface area contributed by atoms with Crippen LogP contribution in [0.2, 0.25) is 0 Å². The zero-order chi connectivity index (χ0) is 22.8. The SMILES string of the molecule is Cc1ccccc1NC1=C(c2ccc([N+](=O)[O-])cc2)C(=O)N(Cc2ccccc2F)C1=O. The molecule has 32 heavy (non-hydrogen) atoms. The summed E-state index contributed by atoms with van der Waals surface area (Å²) in [5.41, 5.74) is 2.02. The molecule has 1 N–H and O–H groups in total. The fourth-order valence-electron chi connectivity index (χ4n) is 3.50. The van der Waals surface area contributed by atoms with Crippen molar-refractivity contribution in [1.29, 1.82) is 0 Å². The lowest BCUT2D eigenvalue weighted by Crippen LogP contribution is -2.32. The minimum absolute atomic E-state index is 0.0366. The van der Waals surface area contributed by atoms with Gasteiger partial charge >= 0.3 is 0 Å². The monoisotopic (exact) mass is 431 g/mol. The first-order valence-electron chi connectivity index (χ1n) is 9.78. The van der Waals surface area contributed by atoms with Gasteiger partial charge in [-0.05, 0) is 42.3 Å². The van der Waals surface area contributed by atoms with Crippen LogP contribution in [0.25, 0.3) is 5.57 Å². The number of nitrogens with zero attached hydrogens (tertiary/aromatic N) is 2. The van der Waals surface area contributed by atoms with Gasteiger partial charge in [0.25, 0.3) is 17.5 Å². The van der Waals surface area contributed by atoms with E-state index < -0.39 is 22.6 Å². The summed E-state index contributed by atoms with van der Waals surface area (Å²) in [6.07, 6.45) is 0. The van der Waals surface area contributed by atoms with E-state index in [1.54, 1.807) is 18.2 Å². The molecule has 3 aromatic carbocycles. The Morgan fingerprint density at radius 3 is 2.25 bits per heavy atom. The first-order chi connectivity index (χ1) is 15.4. The van der Waals surface area contributed by atoms with Gasteiger partial charge in [0.05, 0.1) is 17.0 Å². The van der Waals surface area contributed by atoms with Crippen LogP contribution in [0.15, 0.2) is 78.5 Å². The summed E-state index contributed by atoms with van der Waals surface area (Å²) in [4.78, 5) is 38.0. The number of non-ortho nitro benzene ring substituents is 1. The Labute approximate surface area is 182 Å². The Balaban J connectivity index is 1.77. The van der Waals surface area contributed by atoms with E-state index in [1.165, 1.54) is 42.5 Å². The lowest BCUT2D eigenvalue weighted by molar-refractivity contribution is -0.384. The molecule has 7 nitrogen and oxygen atoms in total. The molecule has 0 aromatic heterocycles. The molecule has 0 spiro atoms. The Hall–Kier alpha value is -4.33. The molecule has 0 atom stereocenters. The molecule has 0 fully saturated rings. The molecule has 8 heteroatoms. The molecule has 2 amide bonds. The number of imide groups is 1. The summed E-state index contributed by atoms with van der Waals surface area (Å²) in [7, 11) is 0. The highest BCUT2D eigenvalue weighted by molar-refractivity contribution is 6.36. The van der Waals surface area contributed by atoms with Crippen LogP contribution in [0, 0.1) is 22.9 Å². The van der Waals surface area contributed by atoms with Gasteiger partial charge in [0.2, 0.25) is 0 Å². The van der Waals surface area contributed by atoms with E-state index in [9.17, 15) is 24.1 Å². The summed E-state index contributed by atoms with van der Waals surface area (Å²) >= 11 is 0. The number of hydrogen-bond donors (Lipinski definition) is 1. The van der Waals surface area contributed by atoms with E-state index in [4.69, 9.17) is 0 Å². The summed E-state index contributed by atoms with van der Waals surface area (Å²) in [5.74, 6) is -1.73. The second-order valence-electron chi connectivity index (χ2n) is 7.28. The molecule has 4 rings (SSSR count). The zero-order valence-electron chi connectivity index (χ0n) is 17.0. The normalized spacial score (nSPS) is 13.6.